The first kappa shape index (κ1) is 8.87. The average molecular weight is 193 g/mol. The van der Waals surface area contributed by atoms with Gasteiger partial charge in [0.2, 0.25) is 5.78 Å². The molecule has 0 atom stereocenters. The standard InChI is InChI=1S/C10H8FNO2/c1-5-2-6(11)3-8-7(5)4-9(12-14)10(8)13/h2-3,14H,4H2,1H3/b12-9-. The predicted molar refractivity (Wildman–Crippen MR) is 48.4 cm³/mol. The molecule has 0 saturated heterocycles. The zero-order chi connectivity index (χ0) is 10.3. The van der Waals surface area contributed by atoms with Crippen LogP contribution in [0.4, 0.5) is 4.39 Å². The molecule has 1 aromatic rings. The first-order valence-electron chi connectivity index (χ1n) is 4.18. The number of hydrogen-bond donors (Lipinski definition) is 1. The number of halogens is 1. The predicted octanol–water partition coefficient (Wildman–Crippen LogP) is 1.70. The number of carbonyl (C=O) groups is 1. The van der Waals surface area contributed by atoms with Crippen molar-refractivity contribution < 1.29 is 14.4 Å². The number of rotatable bonds is 0. The second-order valence-electron chi connectivity index (χ2n) is 3.30. The lowest BCUT2D eigenvalue weighted by Crippen LogP contribution is -2.06. The fourth-order valence-electron chi connectivity index (χ4n) is 1.69. The summed E-state index contributed by atoms with van der Waals surface area (Å²) in [6.07, 6.45) is 0.288. The molecule has 0 saturated carbocycles. The normalized spacial score (nSPS) is 17.6. The maximum atomic E-state index is 13.0. The molecule has 0 aliphatic heterocycles. The second kappa shape index (κ2) is 2.90. The fourth-order valence-corrected chi connectivity index (χ4v) is 1.69. The lowest BCUT2D eigenvalue weighted by Gasteiger charge is -2.00. The number of ketones is 1. The molecule has 1 aromatic carbocycles. The Bertz CT molecular complexity index is 452. The summed E-state index contributed by atoms with van der Waals surface area (Å²) in [5.74, 6) is -0.820. The van der Waals surface area contributed by atoms with Crippen LogP contribution in [0.2, 0.25) is 0 Å². The molecular weight excluding hydrogens is 185 g/mol. The van der Waals surface area contributed by atoms with Crippen LogP contribution in [-0.4, -0.2) is 16.7 Å². The van der Waals surface area contributed by atoms with E-state index >= 15 is 0 Å². The molecule has 0 fully saturated rings. The molecule has 14 heavy (non-hydrogen) atoms. The Morgan fingerprint density at radius 2 is 2.21 bits per heavy atom. The van der Waals surface area contributed by atoms with Gasteiger partial charge in [0.1, 0.15) is 11.5 Å². The molecule has 2 rings (SSSR count). The highest BCUT2D eigenvalue weighted by molar-refractivity contribution is 6.49. The van der Waals surface area contributed by atoms with Crippen LogP contribution in [0.15, 0.2) is 17.3 Å². The summed E-state index contributed by atoms with van der Waals surface area (Å²) in [4.78, 5) is 11.5. The molecule has 1 N–H and O–H groups in total. The average Bonchev–Trinajstić information content (AvgIpc) is 2.44. The zero-order valence-electron chi connectivity index (χ0n) is 7.54. The van der Waals surface area contributed by atoms with Gasteiger partial charge in [0.15, 0.2) is 0 Å². The van der Waals surface area contributed by atoms with Gasteiger partial charge in [-0.3, -0.25) is 4.79 Å². The number of oxime groups is 1. The minimum absolute atomic E-state index is 0.0775. The van der Waals surface area contributed by atoms with E-state index in [2.05, 4.69) is 5.16 Å². The van der Waals surface area contributed by atoms with Crippen molar-refractivity contribution in [3.8, 4) is 0 Å². The molecular formula is C10H8FNO2. The fraction of sp³-hybridized carbons (Fsp3) is 0.200. The van der Waals surface area contributed by atoms with E-state index in [-0.39, 0.29) is 17.9 Å². The molecule has 72 valence electrons. The Labute approximate surface area is 79.9 Å². The topological polar surface area (TPSA) is 49.7 Å². The minimum atomic E-state index is -0.436. The highest BCUT2D eigenvalue weighted by Crippen LogP contribution is 2.24. The van der Waals surface area contributed by atoms with Crippen LogP contribution in [0.25, 0.3) is 0 Å². The first-order chi connectivity index (χ1) is 6.63. The van der Waals surface area contributed by atoms with Gasteiger partial charge >= 0.3 is 0 Å². The SMILES string of the molecule is Cc1cc(F)cc2c1C/C(=N/O)C2=O. The Morgan fingerprint density at radius 1 is 1.50 bits per heavy atom. The highest BCUT2D eigenvalue weighted by Gasteiger charge is 2.28. The van der Waals surface area contributed by atoms with E-state index in [0.29, 0.717) is 11.1 Å². The molecule has 0 bridgehead atoms. The monoisotopic (exact) mass is 193 g/mol. The van der Waals surface area contributed by atoms with Gasteiger partial charge in [-0.05, 0) is 30.2 Å². The van der Waals surface area contributed by atoms with Gasteiger partial charge in [-0.1, -0.05) is 5.16 Å². The number of nitrogens with zero attached hydrogens (tertiary/aromatic N) is 1. The Hall–Kier alpha value is -1.71. The summed E-state index contributed by atoms with van der Waals surface area (Å²) in [6, 6.07) is 2.55. The van der Waals surface area contributed by atoms with Crippen LogP contribution in [0.3, 0.4) is 0 Å². The van der Waals surface area contributed by atoms with Crippen molar-refractivity contribution in [1.29, 1.82) is 0 Å². The minimum Gasteiger partial charge on any atom is -0.411 e. The maximum Gasteiger partial charge on any atom is 0.211 e. The molecule has 1 aliphatic rings. The lowest BCUT2D eigenvalue weighted by molar-refractivity contribution is 0.106. The number of Topliss-reactive ketones (excluding diaryl/α,β-unsaturated/α-hetero) is 1. The van der Waals surface area contributed by atoms with E-state index in [0.717, 1.165) is 5.56 Å². The van der Waals surface area contributed by atoms with Crippen LogP contribution in [0.5, 0.6) is 0 Å². The van der Waals surface area contributed by atoms with E-state index in [4.69, 9.17) is 5.21 Å². The van der Waals surface area contributed by atoms with Crippen LogP contribution >= 0.6 is 0 Å². The third kappa shape index (κ3) is 1.11. The van der Waals surface area contributed by atoms with Crippen molar-refractivity contribution in [2.45, 2.75) is 13.3 Å². The number of carbonyl (C=O) groups excluding carboxylic acids is 1. The summed E-state index contributed by atoms with van der Waals surface area (Å²) < 4.78 is 13.0. The molecule has 0 spiro atoms. The van der Waals surface area contributed by atoms with Crippen molar-refractivity contribution in [2.75, 3.05) is 0 Å². The second-order valence-corrected chi connectivity index (χ2v) is 3.30. The third-order valence-electron chi connectivity index (χ3n) is 2.41. The molecule has 4 heteroatoms. The molecule has 0 unspecified atom stereocenters. The Morgan fingerprint density at radius 3 is 2.86 bits per heavy atom. The van der Waals surface area contributed by atoms with Crippen molar-refractivity contribution in [3.63, 3.8) is 0 Å². The maximum absolute atomic E-state index is 13.0. The van der Waals surface area contributed by atoms with Gasteiger partial charge in [0.05, 0.1) is 0 Å². The van der Waals surface area contributed by atoms with Crippen LogP contribution in [-0.2, 0) is 6.42 Å². The van der Waals surface area contributed by atoms with Gasteiger partial charge in [0, 0.05) is 12.0 Å². The summed E-state index contributed by atoms with van der Waals surface area (Å²) in [7, 11) is 0. The van der Waals surface area contributed by atoms with Gasteiger partial charge < -0.3 is 5.21 Å². The molecule has 0 radical (unpaired) electrons. The number of benzene rings is 1. The highest BCUT2D eigenvalue weighted by atomic mass is 19.1. The van der Waals surface area contributed by atoms with Crippen LogP contribution < -0.4 is 0 Å². The third-order valence-corrected chi connectivity index (χ3v) is 2.41. The van der Waals surface area contributed by atoms with Crippen molar-refractivity contribution in [1.82, 2.24) is 0 Å². The summed E-state index contributed by atoms with van der Waals surface area (Å²) in [5.41, 5.74) is 1.86. The molecule has 0 amide bonds. The van der Waals surface area contributed by atoms with E-state index in [9.17, 15) is 9.18 Å². The number of aryl methyl sites for hydroxylation is 1. The zero-order valence-corrected chi connectivity index (χ0v) is 7.54. The number of hydrogen-bond acceptors (Lipinski definition) is 3. The van der Waals surface area contributed by atoms with Crippen LogP contribution in [0.1, 0.15) is 21.5 Å². The molecule has 3 nitrogen and oxygen atoms in total. The van der Waals surface area contributed by atoms with E-state index in [1.807, 2.05) is 0 Å². The lowest BCUT2D eigenvalue weighted by atomic mass is 10.0. The van der Waals surface area contributed by atoms with E-state index in [1.165, 1.54) is 12.1 Å². The quantitative estimate of drug-likeness (QED) is 0.503. The number of fused-ring (bicyclic) bond motifs is 1. The van der Waals surface area contributed by atoms with Gasteiger partial charge in [-0.15, -0.1) is 0 Å². The summed E-state index contributed by atoms with van der Waals surface area (Å²) in [5, 5.41) is 11.4. The Balaban J connectivity index is 2.65. The summed E-state index contributed by atoms with van der Waals surface area (Å²) >= 11 is 0. The largest absolute Gasteiger partial charge is 0.411 e. The van der Waals surface area contributed by atoms with E-state index < -0.39 is 5.82 Å². The van der Waals surface area contributed by atoms with Crippen molar-refractivity contribution in [2.24, 2.45) is 5.16 Å². The van der Waals surface area contributed by atoms with Crippen molar-refractivity contribution >= 4 is 11.5 Å². The van der Waals surface area contributed by atoms with Crippen LogP contribution in [0, 0.1) is 12.7 Å². The molecule has 0 heterocycles. The molecule has 0 aromatic heterocycles. The summed E-state index contributed by atoms with van der Waals surface area (Å²) in [6.45, 7) is 1.73. The molecule has 1 aliphatic carbocycles. The van der Waals surface area contributed by atoms with Gasteiger partial charge in [0.25, 0.3) is 0 Å². The first-order valence-corrected chi connectivity index (χ1v) is 4.18. The van der Waals surface area contributed by atoms with Gasteiger partial charge in [-0.2, -0.15) is 0 Å². The van der Waals surface area contributed by atoms with Gasteiger partial charge in [-0.25, -0.2) is 4.39 Å². The van der Waals surface area contributed by atoms with Crippen molar-refractivity contribution in [3.05, 3.63) is 34.6 Å². The Kier molecular flexibility index (Phi) is 1.84. The van der Waals surface area contributed by atoms with E-state index in [1.54, 1.807) is 6.92 Å². The smallest absolute Gasteiger partial charge is 0.211 e.